The van der Waals surface area contributed by atoms with E-state index in [4.69, 9.17) is 33.2 Å². The molecule has 2 amide bonds. The summed E-state index contributed by atoms with van der Waals surface area (Å²) in [6, 6.07) is 11.9. The summed E-state index contributed by atoms with van der Waals surface area (Å²) < 4.78 is 44.4. The highest BCUT2D eigenvalue weighted by atomic mass is 16.6. The number of amides is 2. The molecule has 0 radical (unpaired) electrons. The van der Waals surface area contributed by atoms with Crippen molar-refractivity contribution in [2.24, 2.45) is 46.3 Å². The molecular formula is C66H81N3O22. The lowest BCUT2D eigenvalue weighted by Gasteiger charge is -2.67. The van der Waals surface area contributed by atoms with Crippen LogP contribution >= 0.6 is 0 Å². The van der Waals surface area contributed by atoms with E-state index in [0.29, 0.717) is 38.5 Å². The molecule has 6 aliphatic carbocycles. The molecule has 1 aliphatic heterocycles. The smallest absolute Gasteiger partial charge is 0.350 e. The van der Waals surface area contributed by atoms with Gasteiger partial charge >= 0.3 is 41.8 Å². The van der Waals surface area contributed by atoms with Crippen LogP contribution in [0.25, 0.3) is 0 Å². The number of aliphatic carboxylic acids is 1. The first kappa shape index (κ1) is 67.5. The minimum absolute atomic E-state index is 0.0175. The Labute approximate surface area is 525 Å². The van der Waals surface area contributed by atoms with Crippen LogP contribution in [0.5, 0.6) is 0 Å². The molecule has 6 fully saturated rings. The molecule has 9 rings (SSSR count). The predicted molar refractivity (Wildman–Crippen MR) is 315 cm³/mol. The summed E-state index contributed by atoms with van der Waals surface area (Å²) in [5, 5.41) is 41.1. The fourth-order valence-corrected chi connectivity index (χ4v) is 15.6. The number of hydrogen-bond donors (Lipinski definition) is 4. The van der Waals surface area contributed by atoms with Crippen LogP contribution in [0.3, 0.4) is 0 Å². The Morgan fingerprint density at radius 1 is 0.813 bits per heavy atom. The third kappa shape index (κ3) is 13.4. The lowest BCUT2D eigenvalue weighted by atomic mass is 9.44. The monoisotopic (exact) mass is 1270 g/mol. The first-order valence-electron chi connectivity index (χ1n) is 31.4. The van der Waals surface area contributed by atoms with Crippen molar-refractivity contribution in [3.63, 3.8) is 0 Å². The Bertz CT molecular complexity index is 3230. The molecule has 15 atom stereocenters. The third-order valence-corrected chi connectivity index (χ3v) is 20.5. The van der Waals surface area contributed by atoms with Crippen molar-refractivity contribution in [1.82, 2.24) is 10.6 Å². The second kappa shape index (κ2) is 27.1. The van der Waals surface area contributed by atoms with Gasteiger partial charge in [-0.05, 0) is 80.7 Å². The highest BCUT2D eigenvalue weighted by Gasteiger charge is 2.79. The number of nitrogens with zero attached hydrogens (tertiary/aromatic N) is 1. The molecule has 5 saturated carbocycles. The number of rotatable bonds is 22. The summed E-state index contributed by atoms with van der Waals surface area (Å²) in [5.74, 6) is -15.8. The van der Waals surface area contributed by atoms with Crippen LogP contribution in [0.2, 0.25) is 0 Å². The van der Waals surface area contributed by atoms with Gasteiger partial charge in [0, 0.05) is 68.1 Å². The number of ketones is 2. The van der Waals surface area contributed by atoms with Crippen molar-refractivity contribution in [1.29, 1.82) is 0 Å². The Balaban J connectivity index is 1.17. The first-order chi connectivity index (χ1) is 43.0. The van der Waals surface area contributed by atoms with E-state index in [9.17, 15) is 63.5 Å². The van der Waals surface area contributed by atoms with Gasteiger partial charge in [-0.1, -0.05) is 95.0 Å². The van der Waals surface area contributed by atoms with Gasteiger partial charge in [-0.15, -0.1) is 0 Å². The van der Waals surface area contributed by atoms with Gasteiger partial charge in [0.25, 0.3) is 0 Å². The number of fused-ring (bicyclic) bond motifs is 5. The van der Waals surface area contributed by atoms with Gasteiger partial charge in [-0.25, -0.2) is 9.59 Å². The summed E-state index contributed by atoms with van der Waals surface area (Å²) in [4.78, 5) is 168. The van der Waals surface area contributed by atoms with Gasteiger partial charge in [-0.3, -0.25) is 53.3 Å². The van der Waals surface area contributed by atoms with Crippen LogP contribution in [0.4, 0.5) is 0 Å². The molecule has 492 valence electrons. The van der Waals surface area contributed by atoms with Crippen molar-refractivity contribution < 1.29 is 101 Å². The van der Waals surface area contributed by atoms with Gasteiger partial charge in [0.2, 0.25) is 24.5 Å². The Hall–Kier alpha value is -7.93. The fourth-order valence-electron chi connectivity index (χ4n) is 15.6. The number of ether oxygens (including phenoxy) is 7. The van der Waals surface area contributed by atoms with Crippen molar-refractivity contribution in [2.45, 2.75) is 198 Å². The third-order valence-electron chi connectivity index (χ3n) is 20.5. The summed E-state index contributed by atoms with van der Waals surface area (Å²) in [6.07, 6.45) is -8.86. The van der Waals surface area contributed by atoms with Crippen LogP contribution in [-0.4, -0.2) is 147 Å². The highest BCUT2D eigenvalue weighted by molar-refractivity contribution is 5.96. The minimum Gasteiger partial charge on any atom is -0.481 e. The number of aliphatic hydroxyl groups is 1. The fraction of sp³-hybridized carbons (Fsp3) is 0.621. The molecule has 91 heavy (non-hydrogen) atoms. The van der Waals surface area contributed by atoms with E-state index in [1.165, 1.54) is 52.0 Å². The number of carboxylic acid groups (broad SMARTS) is 1. The number of nitro groups is 1. The van der Waals surface area contributed by atoms with Gasteiger partial charge in [0.1, 0.15) is 47.9 Å². The maximum Gasteiger partial charge on any atom is 0.350 e. The van der Waals surface area contributed by atoms with E-state index in [-0.39, 0.29) is 35.1 Å². The number of benzene rings is 2. The minimum atomic E-state index is -2.62. The number of Topliss-reactive ketones (excluding diaryl/α,β-unsaturated/α-hetero) is 2. The van der Waals surface area contributed by atoms with Crippen LogP contribution in [0.15, 0.2) is 71.8 Å². The topological polar surface area (TPSA) is 360 Å². The largest absolute Gasteiger partial charge is 0.481 e. The van der Waals surface area contributed by atoms with Crippen LogP contribution in [0, 0.1) is 56.5 Å². The summed E-state index contributed by atoms with van der Waals surface area (Å²) >= 11 is 0. The van der Waals surface area contributed by atoms with Crippen molar-refractivity contribution in [3.05, 3.63) is 93.1 Å². The maximum atomic E-state index is 16.5. The van der Waals surface area contributed by atoms with Gasteiger partial charge < -0.3 is 54.0 Å². The van der Waals surface area contributed by atoms with E-state index >= 15 is 9.59 Å². The van der Waals surface area contributed by atoms with Crippen molar-refractivity contribution >= 4 is 65.2 Å². The number of esters is 6. The van der Waals surface area contributed by atoms with E-state index < -0.39 is 215 Å². The van der Waals surface area contributed by atoms with E-state index in [0.717, 1.165) is 26.7 Å². The Kier molecular flexibility index (Phi) is 20.1. The molecule has 7 aliphatic rings. The number of hydrogen-bond acceptors (Lipinski definition) is 21. The molecule has 1 saturated heterocycles. The van der Waals surface area contributed by atoms with Gasteiger partial charge in [-0.2, -0.15) is 0 Å². The van der Waals surface area contributed by atoms with E-state index in [1.807, 2.05) is 0 Å². The number of carbonyl (C=O) groups is 11. The molecule has 0 unspecified atom stereocenters. The molecule has 0 aromatic heterocycles. The van der Waals surface area contributed by atoms with Crippen molar-refractivity contribution in [2.75, 3.05) is 13.2 Å². The quantitative estimate of drug-likeness (QED) is 0.0358. The molecule has 2 bridgehead atoms. The van der Waals surface area contributed by atoms with Crippen LogP contribution < -0.4 is 10.6 Å². The summed E-state index contributed by atoms with van der Waals surface area (Å²) in [5.41, 5.74) is -8.59. The van der Waals surface area contributed by atoms with Gasteiger partial charge in [0.15, 0.2) is 17.5 Å². The zero-order chi connectivity index (χ0) is 66.1. The highest BCUT2D eigenvalue weighted by Crippen LogP contribution is 2.65. The zero-order valence-corrected chi connectivity index (χ0v) is 52.2. The summed E-state index contributed by atoms with van der Waals surface area (Å²) in [7, 11) is 0. The molecule has 0 spiro atoms. The Morgan fingerprint density at radius 3 is 2.00 bits per heavy atom. The lowest BCUT2D eigenvalue weighted by Crippen LogP contribution is -2.82. The Morgan fingerprint density at radius 2 is 1.43 bits per heavy atom. The first-order valence-corrected chi connectivity index (χ1v) is 31.4. The average Bonchev–Trinajstić information content (AvgIpc) is 0.747. The second-order valence-electron chi connectivity index (χ2n) is 26.5. The molecule has 4 N–H and O–H groups in total. The van der Waals surface area contributed by atoms with Crippen LogP contribution in [0.1, 0.15) is 160 Å². The normalized spacial score (nSPS) is 31.1. The molecular weight excluding hydrogens is 1190 g/mol. The lowest BCUT2D eigenvalue weighted by molar-refractivity contribution is -0.490. The number of carboxylic acids is 1. The van der Waals surface area contributed by atoms with Crippen molar-refractivity contribution in [3.8, 4) is 0 Å². The molecule has 1 heterocycles. The second-order valence-corrected chi connectivity index (χ2v) is 26.5. The van der Waals surface area contributed by atoms with E-state index in [2.05, 4.69) is 10.6 Å². The summed E-state index contributed by atoms with van der Waals surface area (Å²) in [6.45, 7) is 8.72. The molecule has 2 aromatic rings. The van der Waals surface area contributed by atoms with Gasteiger partial charge in [0.05, 0.1) is 35.3 Å². The zero-order valence-electron chi connectivity index (χ0n) is 52.2. The molecule has 2 aromatic carbocycles. The maximum absolute atomic E-state index is 16.5. The SMILES string of the molecule is CC(=O)O[C@H]1C(=O)[C@]2(C)[C@@H](OC(=O)C3CCCC3)C[C@H]3OC[C@@]3(OC(C)=O)[C@H]2[C@H](OC(=O)c2ccccc2)[C@]2(O)C[C@H](OC(=O)[C@H](OC(=O)C3CCCC3)[C@@H](NC(=O)[C@@H](CCC(=O)O)NC(=O)C[C@H]3C(=O)C[C@@H](C)[C@@H]3C[N+](=O)[O-])c3ccccc3)C(C)=C1C2(C)C. The number of carbonyl (C=O) groups excluding carboxylic acids is 10. The van der Waals surface area contributed by atoms with E-state index in [1.54, 1.807) is 43.3 Å². The van der Waals surface area contributed by atoms with Crippen LogP contribution in [-0.2, 0) is 81.1 Å². The standard InChI is InChI=1S/C66H81N3O22/c1-34-28-45(72)42(43(34)32-69(83)84)29-49(73)67-44(26-27-50(74)75)58(77)68-52(38-18-10-8-11-19-38)54(89-60(79)40-24-16-17-25-40)62(81)87-46-31-66(82)57(90-61(80)41-20-12-9-13-21-41)55-64(7,56(76)53(86-36(3)70)51(35(46)2)63(66,5)6)47(88-59(78)39-22-14-15-23-39)30-48-65(55,33-85-48)91-37(4)71/h8-13,18-21,34,39-40,42-44,46-48,52-55,57,82H,14-17,22-33H2,1-7H3,(H,67,73)(H,68,77)(H,74,75)/t34-,42-,43+,44-,46+,47+,48-,52+,53-,54-,55+,57+,64-,65+,66-/m1/s1. The number of nitrogens with one attached hydrogen (secondary N) is 2. The predicted octanol–water partition coefficient (Wildman–Crippen LogP) is 5.76. The molecule has 25 nitrogen and oxygen atoms in total. The molecule has 25 heteroatoms. The average molecular weight is 1270 g/mol.